The Balaban J connectivity index is 1.82. The highest BCUT2D eigenvalue weighted by Crippen LogP contribution is 2.28. The van der Waals surface area contributed by atoms with Gasteiger partial charge in [-0.15, -0.1) is 0 Å². The number of non-ortho nitro benzene ring substituents is 1. The molecule has 140 valence electrons. The lowest BCUT2D eigenvalue weighted by Crippen LogP contribution is -2.32. The van der Waals surface area contributed by atoms with E-state index in [4.69, 9.17) is 0 Å². The molecule has 1 heterocycles. The van der Waals surface area contributed by atoms with Crippen molar-refractivity contribution in [1.29, 1.82) is 0 Å². The summed E-state index contributed by atoms with van der Waals surface area (Å²) in [4.78, 5) is 26.7. The molecule has 0 fully saturated rings. The van der Waals surface area contributed by atoms with Gasteiger partial charge in [0.05, 0.1) is 20.0 Å². The Morgan fingerprint density at radius 2 is 1.89 bits per heavy atom. The number of rotatable bonds is 5. The van der Waals surface area contributed by atoms with Crippen molar-refractivity contribution in [3.8, 4) is 0 Å². The number of nitro groups is 1. The molecule has 10 heteroatoms. The number of para-hydroxylation sites is 1. The lowest BCUT2D eigenvalue weighted by molar-refractivity contribution is -0.384. The number of anilines is 1. The quantitative estimate of drug-likeness (QED) is 0.514. The predicted molar refractivity (Wildman–Crippen MR) is 103 cm³/mol. The molecule has 3 rings (SSSR count). The molecule has 1 N–H and O–H groups in total. The molecule has 27 heavy (non-hydrogen) atoms. The fourth-order valence-electron chi connectivity index (χ4n) is 2.45. The molecular formula is C17H15N3O5S2. The number of amides is 1. The van der Waals surface area contributed by atoms with E-state index in [0.29, 0.717) is 5.13 Å². The standard InChI is InChI=1S/C17H15N3O5S2/c1-10-4-3-5-14-15(10)18-17(26-14)19-16(21)11(2)27(24,25)13-8-6-12(7-9-13)20(22)23/h3-9,11H,1-2H3,(H,18,19,21)/t11-/m0/s1. The van der Waals surface area contributed by atoms with Gasteiger partial charge in [-0.2, -0.15) is 0 Å². The highest BCUT2D eigenvalue weighted by Gasteiger charge is 2.30. The number of carbonyl (C=O) groups is 1. The van der Waals surface area contributed by atoms with E-state index in [2.05, 4.69) is 10.3 Å². The van der Waals surface area contributed by atoms with Crippen molar-refractivity contribution in [1.82, 2.24) is 4.98 Å². The van der Waals surface area contributed by atoms with E-state index in [1.54, 1.807) is 0 Å². The third-order valence-corrected chi connectivity index (χ3v) is 7.07. The first-order chi connectivity index (χ1) is 12.7. The Labute approximate surface area is 158 Å². The summed E-state index contributed by atoms with van der Waals surface area (Å²) in [6.45, 7) is 3.17. The second-order valence-electron chi connectivity index (χ2n) is 5.87. The Kier molecular flexibility index (Phi) is 4.94. The summed E-state index contributed by atoms with van der Waals surface area (Å²) < 4.78 is 26.1. The fourth-order valence-corrected chi connectivity index (χ4v) is 4.66. The van der Waals surface area contributed by atoms with Gasteiger partial charge < -0.3 is 5.32 Å². The van der Waals surface area contributed by atoms with Gasteiger partial charge >= 0.3 is 0 Å². The average Bonchev–Trinajstić information content (AvgIpc) is 3.05. The second-order valence-corrected chi connectivity index (χ2v) is 9.17. The summed E-state index contributed by atoms with van der Waals surface area (Å²) in [7, 11) is -4.00. The number of aryl methyl sites for hydroxylation is 1. The van der Waals surface area contributed by atoms with Gasteiger partial charge in [0.1, 0.15) is 5.25 Å². The van der Waals surface area contributed by atoms with Gasteiger partial charge in [-0.05, 0) is 37.6 Å². The van der Waals surface area contributed by atoms with E-state index >= 15 is 0 Å². The molecule has 0 aliphatic carbocycles. The molecule has 0 spiro atoms. The van der Waals surface area contributed by atoms with Crippen LogP contribution in [-0.2, 0) is 14.6 Å². The van der Waals surface area contributed by atoms with Crippen molar-refractivity contribution < 1.29 is 18.1 Å². The number of fused-ring (bicyclic) bond motifs is 1. The van der Waals surface area contributed by atoms with E-state index in [0.717, 1.165) is 40.0 Å². The number of carbonyl (C=O) groups excluding carboxylic acids is 1. The third kappa shape index (κ3) is 3.67. The first-order valence-corrected chi connectivity index (χ1v) is 10.2. The van der Waals surface area contributed by atoms with Crippen molar-refractivity contribution in [2.75, 3.05) is 5.32 Å². The first kappa shape index (κ1) is 18.9. The van der Waals surface area contributed by atoms with Crippen molar-refractivity contribution in [3.05, 3.63) is 58.1 Å². The number of thiazole rings is 1. The lowest BCUT2D eigenvalue weighted by Gasteiger charge is -2.12. The molecule has 0 unspecified atom stereocenters. The Morgan fingerprint density at radius 3 is 2.48 bits per heavy atom. The maximum absolute atomic E-state index is 12.6. The Bertz CT molecular complexity index is 1140. The molecule has 8 nitrogen and oxygen atoms in total. The summed E-state index contributed by atoms with van der Waals surface area (Å²) in [5, 5.41) is 12.2. The van der Waals surface area contributed by atoms with Gasteiger partial charge in [0.25, 0.3) is 5.69 Å². The Hall–Kier alpha value is -2.85. The highest BCUT2D eigenvalue weighted by molar-refractivity contribution is 7.92. The molecule has 0 aliphatic rings. The smallest absolute Gasteiger partial charge is 0.269 e. The van der Waals surface area contributed by atoms with Gasteiger partial charge in [-0.25, -0.2) is 13.4 Å². The Morgan fingerprint density at radius 1 is 1.22 bits per heavy atom. The number of nitrogens with zero attached hydrogens (tertiary/aromatic N) is 2. The minimum atomic E-state index is -4.00. The van der Waals surface area contributed by atoms with Crippen molar-refractivity contribution in [2.45, 2.75) is 24.0 Å². The highest BCUT2D eigenvalue weighted by atomic mass is 32.2. The van der Waals surface area contributed by atoms with E-state index < -0.39 is 25.9 Å². The molecule has 0 saturated carbocycles. The summed E-state index contributed by atoms with van der Waals surface area (Å²) in [6, 6.07) is 10.1. The van der Waals surface area contributed by atoms with Crippen LogP contribution in [0.2, 0.25) is 0 Å². The maximum atomic E-state index is 12.6. The fraction of sp³-hybridized carbons (Fsp3) is 0.176. The van der Waals surface area contributed by atoms with Crippen molar-refractivity contribution >= 4 is 48.1 Å². The van der Waals surface area contributed by atoms with Crippen LogP contribution in [0.25, 0.3) is 10.2 Å². The van der Waals surface area contributed by atoms with Crippen molar-refractivity contribution in [2.24, 2.45) is 0 Å². The number of aromatic nitrogens is 1. The van der Waals surface area contributed by atoms with Gasteiger partial charge in [0.15, 0.2) is 15.0 Å². The predicted octanol–water partition coefficient (Wildman–Crippen LogP) is 3.31. The molecular weight excluding hydrogens is 390 g/mol. The second kappa shape index (κ2) is 7.05. The summed E-state index contributed by atoms with van der Waals surface area (Å²) in [5.41, 5.74) is 1.48. The van der Waals surface area contributed by atoms with Crippen LogP contribution in [-0.4, -0.2) is 29.5 Å². The van der Waals surface area contributed by atoms with Crippen LogP contribution in [0.15, 0.2) is 47.4 Å². The number of nitro benzene ring substituents is 1. The minimum absolute atomic E-state index is 0.157. The molecule has 2 aromatic carbocycles. The molecule has 3 aromatic rings. The lowest BCUT2D eigenvalue weighted by atomic mass is 10.2. The van der Waals surface area contributed by atoms with Crippen LogP contribution < -0.4 is 5.32 Å². The largest absolute Gasteiger partial charge is 0.301 e. The van der Waals surface area contributed by atoms with Gasteiger partial charge in [-0.3, -0.25) is 14.9 Å². The van der Waals surface area contributed by atoms with Crippen LogP contribution in [0.3, 0.4) is 0 Å². The zero-order valence-electron chi connectivity index (χ0n) is 14.4. The molecule has 0 radical (unpaired) electrons. The third-order valence-electron chi connectivity index (χ3n) is 4.06. The average molecular weight is 405 g/mol. The van der Waals surface area contributed by atoms with Crippen LogP contribution in [0.4, 0.5) is 10.8 Å². The summed E-state index contributed by atoms with van der Waals surface area (Å²) in [5.74, 6) is -0.718. The minimum Gasteiger partial charge on any atom is -0.301 e. The normalized spacial score (nSPS) is 12.7. The monoisotopic (exact) mass is 405 g/mol. The van der Waals surface area contributed by atoms with Gasteiger partial charge in [-0.1, -0.05) is 23.5 Å². The van der Waals surface area contributed by atoms with Crippen LogP contribution in [0, 0.1) is 17.0 Å². The van der Waals surface area contributed by atoms with Crippen LogP contribution in [0.1, 0.15) is 12.5 Å². The molecule has 1 atom stereocenters. The number of hydrogen-bond acceptors (Lipinski definition) is 7. The van der Waals surface area contributed by atoms with Crippen LogP contribution >= 0.6 is 11.3 Å². The van der Waals surface area contributed by atoms with Crippen molar-refractivity contribution in [3.63, 3.8) is 0 Å². The molecule has 0 bridgehead atoms. The number of hydrogen-bond donors (Lipinski definition) is 1. The van der Waals surface area contributed by atoms with Gasteiger partial charge in [0.2, 0.25) is 5.91 Å². The zero-order chi connectivity index (χ0) is 19.8. The molecule has 0 aliphatic heterocycles. The SMILES string of the molecule is Cc1cccc2sc(NC(=O)[C@H](C)S(=O)(=O)c3ccc([N+](=O)[O-])cc3)nc12. The topological polar surface area (TPSA) is 119 Å². The number of nitrogens with one attached hydrogen (secondary N) is 1. The summed E-state index contributed by atoms with van der Waals surface area (Å²) in [6.07, 6.45) is 0. The van der Waals surface area contributed by atoms with Gasteiger partial charge in [0, 0.05) is 12.1 Å². The van der Waals surface area contributed by atoms with E-state index in [9.17, 15) is 23.3 Å². The first-order valence-electron chi connectivity index (χ1n) is 7.85. The van der Waals surface area contributed by atoms with E-state index in [1.165, 1.54) is 18.3 Å². The van der Waals surface area contributed by atoms with E-state index in [1.807, 2.05) is 25.1 Å². The summed E-state index contributed by atoms with van der Waals surface area (Å²) >= 11 is 1.26. The maximum Gasteiger partial charge on any atom is 0.269 e. The molecule has 1 amide bonds. The number of benzene rings is 2. The van der Waals surface area contributed by atoms with E-state index in [-0.39, 0.29) is 10.6 Å². The molecule has 0 saturated heterocycles. The zero-order valence-corrected chi connectivity index (χ0v) is 16.0. The van der Waals surface area contributed by atoms with Crippen LogP contribution in [0.5, 0.6) is 0 Å². The molecule has 1 aromatic heterocycles. The number of sulfone groups is 1.